The van der Waals surface area contributed by atoms with Crippen LogP contribution < -0.4 is 5.32 Å². The molecule has 1 N–H and O–H groups in total. The molecular formula is C10H8BrN3. The molecule has 70 valence electrons. The fourth-order valence-corrected chi connectivity index (χ4v) is 1.31. The van der Waals surface area contributed by atoms with Gasteiger partial charge in [-0.05, 0) is 30.3 Å². The second kappa shape index (κ2) is 4.19. The van der Waals surface area contributed by atoms with Gasteiger partial charge in [-0.3, -0.25) is 0 Å². The third kappa shape index (κ3) is 2.29. The van der Waals surface area contributed by atoms with Gasteiger partial charge in [-0.25, -0.2) is 9.97 Å². The third-order valence-corrected chi connectivity index (χ3v) is 2.23. The second-order valence-electron chi connectivity index (χ2n) is 2.73. The van der Waals surface area contributed by atoms with Crippen LogP contribution in [-0.4, -0.2) is 9.97 Å². The molecule has 0 atom stereocenters. The molecule has 1 heterocycles. The van der Waals surface area contributed by atoms with Crippen molar-refractivity contribution in [3.8, 4) is 0 Å². The Labute approximate surface area is 90.3 Å². The SMILES string of the molecule is Brc1ccc(Nc2ccncn2)cc1. The molecule has 4 heteroatoms. The number of anilines is 2. The van der Waals surface area contributed by atoms with Crippen molar-refractivity contribution in [1.82, 2.24) is 9.97 Å². The minimum atomic E-state index is 0.794. The summed E-state index contributed by atoms with van der Waals surface area (Å²) in [4.78, 5) is 7.91. The fraction of sp³-hybridized carbons (Fsp3) is 0. The Morgan fingerprint density at radius 1 is 1.07 bits per heavy atom. The maximum absolute atomic E-state index is 4.06. The summed E-state index contributed by atoms with van der Waals surface area (Å²) < 4.78 is 1.06. The van der Waals surface area contributed by atoms with Gasteiger partial charge in [0.05, 0.1) is 0 Å². The van der Waals surface area contributed by atoms with Gasteiger partial charge < -0.3 is 5.32 Å². The number of halogens is 1. The molecule has 0 aliphatic carbocycles. The van der Waals surface area contributed by atoms with Crippen molar-refractivity contribution in [2.45, 2.75) is 0 Å². The average molecular weight is 250 g/mol. The van der Waals surface area contributed by atoms with E-state index < -0.39 is 0 Å². The predicted octanol–water partition coefficient (Wildman–Crippen LogP) is 2.98. The highest BCUT2D eigenvalue weighted by molar-refractivity contribution is 9.10. The number of benzene rings is 1. The lowest BCUT2D eigenvalue weighted by Crippen LogP contribution is -1.92. The summed E-state index contributed by atoms with van der Waals surface area (Å²) in [6, 6.07) is 9.73. The molecule has 3 nitrogen and oxygen atoms in total. The van der Waals surface area contributed by atoms with Crippen LogP contribution in [0.4, 0.5) is 11.5 Å². The molecule has 0 aliphatic heterocycles. The number of rotatable bonds is 2. The first kappa shape index (κ1) is 9.15. The van der Waals surface area contributed by atoms with Crippen molar-refractivity contribution >= 4 is 27.4 Å². The Kier molecular flexibility index (Phi) is 2.74. The fourth-order valence-electron chi connectivity index (χ4n) is 1.05. The van der Waals surface area contributed by atoms with Gasteiger partial charge >= 0.3 is 0 Å². The highest BCUT2D eigenvalue weighted by Gasteiger charge is 1.93. The molecule has 0 unspecified atom stereocenters. The topological polar surface area (TPSA) is 37.8 Å². The summed E-state index contributed by atoms with van der Waals surface area (Å²) in [5.74, 6) is 0.794. The highest BCUT2D eigenvalue weighted by Crippen LogP contribution is 2.16. The highest BCUT2D eigenvalue weighted by atomic mass is 79.9. The van der Waals surface area contributed by atoms with Crippen LogP contribution in [0.3, 0.4) is 0 Å². The molecule has 2 aromatic rings. The van der Waals surface area contributed by atoms with E-state index in [0.717, 1.165) is 16.0 Å². The lowest BCUT2D eigenvalue weighted by Gasteiger charge is -2.03. The smallest absolute Gasteiger partial charge is 0.133 e. The first-order chi connectivity index (χ1) is 6.84. The molecule has 0 amide bonds. The Morgan fingerprint density at radius 2 is 1.86 bits per heavy atom. The van der Waals surface area contributed by atoms with Crippen LogP contribution in [-0.2, 0) is 0 Å². The van der Waals surface area contributed by atoms with Gasteiger partial charge in [0.15, 0.2) is 0 Å². The normalized spacial score (nSPS) is 9.79. The van der Waals surface area contributed by atoms with E-state index in [1.807, 2.05) is 30.3 Å². The monoisotopic (exact) mass is 249 g/mol. The van der Waals surface area contributed by atoms with Crippen LogP contribution in [0.25, 0.3) is 0 Å². The standard InChI is InChI=1S/C10H8BrN3/c11-8-1-3-9(4-2-8)14-10-5-6-12-7-13-10/h1-7H,(H,12,13,14). The van der Waals surface area contributed by atoms with E-state index in [9.17, 15) is 0 Å². The Hall–Kier alpha value is -1.42. The van der Waals surface area contributed by atoms with Gasteiger partial charge in [-0.2, -0.15) is 0 Å². The minimum Gasteiger partial charge on any atom is -0.340 e. The molecule has 14 heavy (non-hydrogen) atoms. The number of hydrogen-bond donors (Lipinski definition) is 1. The molecule has 1 aromatic carbocycles. The lowest BCUT2D eigenvalue weighted by atomic mass is 10.3. The second-order valence-corrected chi connectivity index (χ2v) is 3.64. The first-order valence-corrected chi connectivity index (χ1v) is 4.92. The van der Waals surface area contributed by atoms with Gasteiger partial charge in [0, 0.05) is 16.4 Å². The predicted molar refractivity (Wildman–Crippen MR) is 59.5 cm³/mol. The van der Waals surface area contributed by atoms with Crippen LogP contribution in [0, 0.1) is 0 Å². The zero-order valence-corrected chi connectivity index (χ0v) is 8.90. The maximum Gasteiger partial charge on any atom is 0.133 e. The van der Waals surface area contributed by atoms with Crippen LogP contribution in [0.2, 0.25) is 0 Å². The van der Waals surface area contributed by atoms with Gasteiger partial charge in [0.1, 0.15) is 12.1 Å². The summed E-state index contributed by atoms with van der Waals surface area (Å²) in [6.07, 6.45) is 3.22. The summed E-state index contributed by atoms with van der Waals surface area (Å²) in [5, 5.41) is 3.16. The van der Waals surface area contributed by atoms with Crippen molar-refractivity contribution in [1.29, 1.82) is 0 Å². The number of nitrogens with zero attached hydrogens (tertiary/aromatic N) is 2. The molecule has 0 bridgehead atoms. The lowest BCUT2D eigenvalue weighted by molar-refractivity contribution is 1.17. The zero-order valence-electron chi connectivity index (χ0n) is 7.31. The van der Waals surface area contributed by atoms with Crippen LogP contribution in [0.5, 0.6) is 0 Å². The summed E-state index contributed by atoms with van der Waals surface area (Å²) >= 11 is 3.38. The number of aromatic nitrogens is 2. The number of hydrogen-bond acceptors (Lipinski definition) is 3. The van der Waals surface area contributed by atoms with Gasteiger partial charge in [0.2, 0.25) is 0 Å². The van der Waals surface area contributed by atoms with Gasteiger partial charge in [0.25, 0.3) is 0 Å². The molecule has 1 aromatic heterocycles. The zero-order chi connectivity index (χ0) is 9.80. The van der Waals surface area contributed by atoms with Gasteiger partial charge in [-0.15, -0.1) is 0 Å². The summed E-state index contributed by atoms with van der Waals surface area (Å²) in [7, 11) is 0. The van der Waals surface area contributed by atoms with E-state index in [0.29, 0.717) is 0 Å². The third-order valence-electron chi connectivity index (χ3n) is 1.70. The van der Waals surface area contributed by atoms with E-state index in [2.05, 4.69) is 31.2 Å². The van der Waals surface area contributed by atoms with Crippen LogP contribution >= 0.6 is 15.9 Å². The van der Waals surface area contributed by atoms with E-state index in [1.54, 1.807) is 6.20 Å². The molecule has 0 spiro atoms. The van der Waals surface area contributed by atoms with Crippen LogP contribution in [0.15, 0.2) is 47.3 Å². The van der Waals surface area contributed by atoms with E-state index in [4.69, 9.17) is 0 Å². The molecule has 0 fully saturated rings. The molecule has 0 saturated carbocycles. The molecule has 0 aliphatic rings. The Bertz CT molecular complexity index is 399. The molecule has 2 rings (SSSR count). The van der Waals surface area contributed by atoms with E-state index >= 15 is 0 Å². The Morgan fingerprint density at radius 3 is 2.50 bits per heavy atom. The van der Waals surface area contributed by atoms with Crippen molar-refractivity contribution < 1.29 is 0 Å². The van der Waals surface area contributed by atoms with Crippen molar-refractivity contribution in [3.63, 3.8) is 0 Å². The quantitative estimate of drug-likeness (QED) is 0.890. The molecular weight excluding hydrogens is 242 g/mol. The van der Waals surface area contributed by atoms with Crippen molar-refractivity contribution in [2.24, 2.45) is 0 Å². The molecule has 0 radical (unpaired) electrons. The Balaban J connectivity index is 2.16. The maximum atomic E-state index is 4.06. The van der Waals surface area contributed by atoms with Crippen molar-refractivity contribution in [3.05, 3.63) is 47.3 Å². The molecule has 0 saturated heterocycles. The minimum absolute atomic E-state index is 0.794. The average Bonchev–Trinajstić information content (AvgIpc) is 2.23. The largest absolute Gasteiger partial charge is 0.340 e. The van der Waals surface area contributed by atoms with Crippen LogP contribution in [0.1, 0.15) is 0 Å². The van der Waals surface area contributed by atoms with E-state index in [1.165, 1.54) is 6.33 Å². The van der Waals surface area contributed by atoms with Gasteiger partial charge in [-0.1, -0.05) is 15.9 Å². The number of nitrogens with one attached hydrogen (secondary N) is 1. The first-order valence-electron chi connectivity index (χ1n) is 4.13. The van der Waals surface area contributed by atoms with Crippen molar-refractivity contribution in [2.75, 3.05) is 5.32 Å². The van der Waals surface area contributed by atoms with E-state index in [-0.39, 0.29) is 0 Å². The summed E-state index contributed by atoms with van der Waals surface area (Å²) in [5.41, 5.74) is 1.01. The summed E-state index contributed by atoms with van der Waals surface area (Å²) in [6.45, 7) is 0.